The van der Waals surface area contributed by atoms with E-state index in [1.807, 2.05) is 6.07 Å². The zero-order valence-electron chi connectivity index (χ0n) is 11.4. The lowest BCUT2D eigenvalue weighted by Crippen LogP contribution is -2.14. The SMILES string of the molecule is O=S(=O)(Cc1ccc(CNC2CC2)o1)c1cccc(Cl)c1. The van der Waals surface area contributed by atoms with Crippen LogP contribution in [0.25, 0.3) is 0 Å². The number of hydrogen-bond donors (Lipinski definition) is 1. The standard InChI is InChI=1S/C15H16ClNO3S/c16-11-2-1-3-15(8-11)21(18,19)10-14-7-6-13(20-14)9-17-12-4-5-12/h1-3,6-8,12,17H,4-5,9-10H2. The Morgan fingerprint density at radius 1 is 1.19 bits per heavy atom. The number of rotatable bonds is 6. The van der Waals surface area contributed by atoms with Gasteiger partial charge in [-0.05, 0) is 43.2 Å². The van der Waals surface area contributed by atoms with Gasteiger partial charge in [0.05, 0.1) is 11.4 Å². The molecule has 1 saturated carbocycles. The summed E-state index contributed by atoms with van der Waals surface area (Å²) in [5.41, 5.74) is 0. The predicted octanol–water partition coefficient (Wildman–Crippen LogP) is 3.16. The summed E-state index contributed by atoms with van der Waals surface area (Å²) in [5.74, 6) is 1.05. The highest BCUT2D eigenvalue weighted by Crippen LogP contribution is 2.22. The molecule has 1 aromatic heterocycles. The summed E-state index contributed by atoms with van der Waals surface area (Å²) >= 11 is 5.84. The molecular formula is C15H16ClNO3S. The Hall–Kier alpha value is -1.30. The molecule has 4 nitrogen and oxygen atoms in total. The maximum Gasteiger partial charge on any atom is 0.185 e. The van der Waals surface area contributed by atoms with E-state index in [9.17, 15) is 8.42 Å². The van der Waals surface area contributed by atoms with Crippen LogP contribution in [0.4, 0.5) is 0 Å². The molecule has 3 rings (SSSR count). The fourth-order valence-electron chi connectivity index (χ4n) is 2.06. The van der Waals surface area contributed by atoms with Crippen LogP contribution in [0.3, 0.4) is 0 Å². The Kier molecular flexibility index (Phi) is 4.06. The summed E-state index contributed by atoms with van der Waals surface area (Å²) < 4.78 is 30.2. The van der Waals surface area contributed by atoms with Gasteiger partial charge in [-0.1, -0.05) is 17.7 Å². The Balaban J connectivity index is 1.69. The van der Waals surface area contributed by atoms with E-state index < -0.39 is 9.84 Å². The van der Waals surface area contributed by atoms with Gasteiger partial charge in [0.25, 0.3) is 0 Å². The van der Waals surface area contributed by atoms with Gasteiger partial charge >= 0.3 is 0 Å². The van der Waals surface area contributed by atoms with Gasteiger partial charge < -0.3 is 9.73 Å². The molecule has 112 valence electrons. The van der Waals surface area contributed by atoms with E-state index in [2.05, 4.69) is 5.32 Å². The molecule has 1 aromatic carbocycles. The molecule has 0 radical (unpaired) electrons. The summed E-state index contributed by atoms with van der Waals surface area (Å²) in [7, 11) is -3.44. The minimum atomic E-state index is -3.44. The van der Waals surface area contributed by atoms with Crippen LogP contribution >= 0.6 is 11.6 Å². The Bertz CT molecular complexity index is 735. The van der Waals surface area contributed by atoms with Gasteiger partial charge in [0.15, 0.2) is 9.84 Å². The third-order valence-corrected chi connectivity index (χ3v) is 5.22. The fourth-order valence-corrected chi connectivity index (χ4v) is 3.60. The van der Waals surface area contributed by atoms with E-state index in [1.54, 1.807) is 24.3 Å². The number of nitrogens with one attached hydrogen (secondary N) is 1. The lowest BCUT2D eigenvalue weighted by atomic mass is 10.4. The summed E-state index contributed by atoms with van der Waals surface area (Å²) in [6.45, 7) is 0.641. The predicted molar refractivity (Wildman–Crippen MR) is 80.9 cm³/mol. The van der Waals surface area contributed by atoms with Gasteiger partial charge in [-0.2, -0.15) is 0 Å². The Morgan fingerprint density at radius 2 is 1.95 bits per heavy atom. The molecule has 1 aliphatic rings. The topological polar surface area (TPSA) is 59.3 Å². The molecule has 0 amide bonds. The van der Waals surface area contributed by atoms with Gasteiger partial charge in [-0.25, -0.2) is 8.42 Å². The summed E-state index contributed by atoms with van der Waals surface area (Å²) in [4.78, 5) is 0.212. The van der Waals surface area contributed by atoms with E-state index in [0.717, 1.165) is 5.76 Å². The lowest BCUT2D eigenvalue weighted by molar-refractivity contribution is 0.455. The summed E-state index contributed by atoms with van der Waals surface area (Å²) in [5, 5.41) is 3.73. The first-order chi connectivity index (χ1) is 10.0. The van der Waals surface area contributed by atoms with E-state index in [0.29, 0.717) is 23.4 Å². The molecule has 0 bridgehead atoms. The van der Waals surface area contributed by atoms with Gasteiger partial charge in [0.2, 0.25) is 0 Å². The highest BCUT2D eigenvalue weighted by molar-refractivity contribution is 7.90. The van der Waals surface area contributed by atoms with Crippen LogP contribution in [0.1, 0.15) is 24.4 Å². The molecule has 0 unspecified atom stereocenters. The number of sulfone groups is 1. The quantitative estimate of drug-likeness (QED) is 0.886. The van der Waals surface area contributed by atoms with Gasteiger partial charge in [-0.3, -0.25) is 0 Å². The number of hydrogen-bond acceptors (Lipinski definition) is 4. The zero-order valence-corrected chi connectivity index (χ0v) is 13.0. The molecule has 0 spiro atoms. The Labute approximate surface area is 129 Å². The first kappa shape index (κ1) is 14.6. The fraction of sp³-hybridized carbons (Fsp3) is 0.333. The van der Waals surface area contributed by atoms with Crippen LogP contribution in [0.5, 0.6) is 0 Å². The maximum atomic E-state index is 12.3. The van der Waals surface area contributed by atoms with E-state index in [1.165, 1.54) is 18.9 Å². The van der Waals surface area contributed by atoms with Crippen molar-refractivity contribution in [2.45, 2.75) is 36.1 Å². The van der Waals surface area contributed by atoms with Crippen LogP contribution in [-0.4, -0.2) is 14.5 Å². The van der Waals surface area contributed by atoms with Crippen molar-refractivity contribution < 1.29 is 12.8 Å². The molecule has 21 heavy (non-hydrogen) atoms. The number of halogens is 1. The molecule has 1 aliphatic carbocycles. The van der Waals surface area contributed by atoms with Crippen LogP contribution in [-0.2, 0) is 22.1 Å². The molecule has 0 aliphatic heterocycles. The second-order valence-corrected chi connectivity index (χ2v) is 7.67. The normalized spacial score (nSPS) is 15.3. The first-order valence-corrected chi connectivity index (χ1v) is 8.85. The molecule has 2 aromatic rings. The highest BCUT2D eigenvalue weighted by atomic mass is 35.5. The molecule has 6 heteroatoms. The average Bonchev–Trinajstić information content (AvgIpc) is 3.17. The second-order valence-electron chi connectivity index (χ2n) is 5.24. The van der Waals surface area contributed by atoms with Gasteiger partial charge in [0.1, 0.15) is 17.3 Å². The molecule has 1 N–H and O–H groups in total. The average molecular weight is 326 g/mol. The van der Waals surface area contributed by atoms with E-state index in [4.69, 9.17) is 16.0 Å². The Morgan fingerprint density at radius 3 is 2.67 bits per heavy atom. The van der Waals surface area contributed by atoms with Crippen molar-refractivity contribution in [2.75, 3.05) is 0 Å². The van der Waals surface area contributed by atoms with Crippen LogP contribution in [0, 0.1) is 0 Å². The van der Waals surface area contributed by atoms with Crippen LogP contribution < -0.4 is 5.32 Å². The minimum absolute atomic E-state index is 0.156. The van der Waals surface area contributed by atoms with Crippen molar-refractivity contribution in [3.63, 3.8) is 0 Å². The van der Waals surface area contributed by atoms with Crippen molar-refractivity contribution in [1.82, 2.24) is 5.32 Å². The number of furan rings is 1. The molecule has 0 atom stereocenters. The van der Waals surface area contributed by atoms with Gasteiger partial charge in [0, 0.05) is 11.1 Å². The third-order valence-electron chi connectivity index (χ3n) is 3.35. The summed E-state index contributed by atoms with van der Waals surface area (Å²) in [6, 6.07) is 10.4. The highest BCUT2D eigenvalue weighted by Gasteiger charge is 2.21. The van der Waals surface area contributed by atoms with Crippen LogP contribution in [0.15, 0.2) is 45.7 Å². The van der Waals surface area contributed by atoms with Crippen molar-refractivity contribution in [2.24, 2.45) is 0 Å². The number of benzene rings is 1. The lowest BCUT2D eigenvalue weighted by Gasteiger charge is -2.03. The first-order valence-electron chi connectivity index (χ1n) is 6.82. The maximum absolute atomic E-state index is 12.3. The van der Waals surface area contributed by atoms with Crippen molar-refractivity contribution in [1.29, 1.82) is 0 Å². The molecule has 1 heterocycles. The molecule has 1 fully saturated rings. The van der Waals surface area contributed by atoms with Crippen LogP contribution in [0.2, 0.25) is 5.02 Å². The smallest absolute Gasteiger partial charge is 0.185 e. The molecule has 0 saturated heterocycles. The van der Waals surface area contributed by atoms with E-state index in [-0.39, 0.29) is 10.6 Å². The van der Waals surface area contributed by atoms with Crippen molar-refractivity contribution in [3.05, 3.63) is 52.9 Å². The summed E-state index contributed by atoms with van der Waals surface area (Å²) in [6.07, 6.45) is 2.41. The molecular weight excluding hydrogens is 310 g/mol. The third kappa shape index (κ3) is 3.87. The van der Waals surface area contributed by atoms with Crippen molar-refractivity contribution in [3.8, 4) is 0 Å². The largest absolute Gasteiger partial charge is 0.464 e. The van der Waals surface area contributed by atoms with E-state index >= 15 is 0 Å². The van der Waals surface area contributed by atoms with Gasteiger partial charge in [-0.15, -0.1) is 0 Å². The monoisotopic (exact) mass is 325 g/mol. The minimum Gasteiger partial charge on any atom is -0.464 e. The van der Waals surface area contributed by atoms with Crippen molar-refractivity contribution >= 4 is 21.4 Å². The zero-order chi connectivity index (χ0) is 14.9. The second kappa shape index (κ2) is 5.83.